The topological polar surface area (TPSA) is 109 Å². The zero-order chi connectivity index (χ0) is 28.3. The zero-order valence-corrected chi connectivity index (χ0v) is 23.4. The van der Waals surface area contributed by atoms with Crippen LogP contribution in [0.4, 0.5) is 17.1 Å². The monoisotopic (exact) mass is 543 g/mol. The molecular weight excluding hydrogens is 502 g/mol. The van der Waals surface area contributed by atoms with Crippen molar-refractivity contribution in [3.8, 4) is 0 Å². The van der Waals surface area contributed by atoms with E-state index in [1.54, 1.807) is 12.1 Å². The zero-order valence-electron chi connectivity index (χ0n) is 23.4. The van der Waals surface area contributed by atoms with Crippen molar-refractivity contribution in [2.45, 2.75) is 32.2 Å². The first kappa shape index (κ1) is 29.3. The first-order valence-electron chi connectivity index (χ1n) is 14.1. The number of carbonyl (C=O) groups excluding carboxylic acids is 2. The molecule has 2 amide bonds. The van der Waals surface area contributed by atoms with Crippen LogP contribution in [-0.2, 0) is 14.3 Å². The molecule has 0 saturated carbocycles. The Morgan fingerprint density at radius 3 is 2.50 bits per heavy atom. The fourth-order valence-corrected chi connectivity index (χ4v) is 4.73. The predicted molar refractivity (Wildman–Crippen MR) is 162 cm³/mol. The number of carbonyl (C=O) groups is 2. The van der Waals surface area contributed by atoms with Crippen molar-refractivity contribution in [1.29, 1.82) is 0 Å². The van der Waals surface area contributed by atoms with Crippen molar-refractivity contribution >= 4 is 28.9 Å². The Labute approximate surface area is 237 Å². The molecule has 2 atom stereocenters. The van der Waals surface area contributed by atoms with E-state index in [0.717, 1.165) is 44.1 Å². The van der Waals surface area contributed by atoms with Crippen molar-refractivity contribution in [3.63, 3.8) is 0 Å². The van der Waals surface area contributed by atoms with E-state index in [2.05, 4.69) is 52.9 Å². The van der Waals surface area contributed by atoms with Crippen LogP contribution in [0.1, 0.15) is 31.7 Å². The number of nitrogens with one attached hydrogen (secondary N) is 3. The molecule has 2 aliphatic rings. The van der Waals surface area contributed by atoms with Gasteiger partial charge in [-0.2, -0.15) is 0 Å². The van der Waals surface area contributed by atoms with E-state index in [1.165, 1.54) is 11.6 Å². The highest BCUT2D eigenvalue weighted by molar-refractivity contribution is 6.01. The molecule has 1 aliphatic carbocycles. The minimum atomic E-state index is -0.489. The summed E-state index contributed by atoms with van der Waals surface area (Å²) >= 11 is 0. The summed E-state index contributed by atoms with van der Waals surface area (Å²) in [6.45, 7) is 9.13. The van der Waals surface area contributed by atoms with E-state index in [-0.39, 0.29) is 17.7 Å². The molecule has 5 N–H and O–H groups in total. The van der Waals surface area contributed by atoms with Crippen LogP contribution in [0, 0.1) is 5.92 Å². The Balaban J connectivity index is 1.37. The van der Waals surface area contributed by atoms with Crippen molar-refractivity contribution in [2.24, 2.45) is 5.92 Å². The van der Waals surface area contributed by atoms with Gasteiger partial charge in [-0.1, -0.05) is 62.4 Å². The maximum absolute atomic E-state index is 13.5. The summed E-state index contributed by atoms with van der Waals surface area (Å²) in [5.74, 6) is 0.167. The molecule has 2 aromatic carbocycles. The van der Waals surface area contributed by atoms with E-state index in [1.807, 2.05) is 42.5 Å². The van der Waals surface area contributed by atoms with Gasteiger partial charge in [0.15, 0.2) is 0 Å². The summed E-state index contributed by atoms with van der Waals surface area (Å²) < 4.78 is 5.45. The van der Waals surface area contributed by atoms with Crippen molar-refractivity contribution in [1.82, 2.24) is 10.2 Å². The van der Waals surface area contributed by atoms with E-state index in [4.69, 9.17) is 10.5 Å². The van der Waals surface area contributed by atoms with Crippen molar-refractivity contribution in [3.05, 3.63) is 90.0 Å². The van der Waals surface area contributed by atoms with Gasteiger partial charge in [0, 0.05) is 31.9 Å². The number of morpholine rings is 1. The van der Waals surface area contributed by atoms with E-state index in [0.29, 0.717) is 30.3 Å². The molecule has 1 saturated heterocycles. The lowest BCUT2D eigenvalue weighted by Gasteiger charge is -2.28. The Morgan fingerprint density at radius 1 is 1.07 bits per heavy atom. The van der Waals surface area contributed by atoms with Crippen LogP contribution in [0.5, 0.6) is 0 Å². The first-order chi connectivity index (χ1) is 19.4. The summed E-state index contributed by atoms with van der Waals surface area (Å²) in [6.07, 6.45) is 10.2. The van der Waals surface area contributed by atoms with Crippen molar-refractivity contribution in [2.75, 3.05) is 55.8 Å². The van der Waals surface area contributed by atoms with Gasteiger partial charge in [0.1, 0.15) is 6.04 Å². The number of nitrogen functional groups attached to an aromatic ring is 1. The number of hydrogen-bond donors (Lipinski definition) is 4. The summed E-state index contributed by atoms with van der Waals surface area (Å²) in [7, 11) is 0. The minimum Gasteiger partial charge on any atom is -0.397 e. The first-order valence-corrected chi connectivity index (χ1v) is 14.1. The highest BCUT2D eigenvalue weighted by atomic mass is 16.5. The third-order valence-corrected chi connectivity index (χ3v) is 7.20. The standard InChI is InChI=1S/C32H41N5O3/c1-23(2)25-12-14-27(15-13-25)35-32(39)31(34-17-18-37-19-21-40-22-20-37)26-10-7-24(8-11-26)9-16-30(38)36-29-6-4-3-5-28(29)33/h3-7,9-16,23-24,31,34H,8,17-22,33H2,1-2H3,(H,35,39)(H,36,38)/b16-9+. The molecule has 4 rings (SSSR count). The van der Waals surface area contributed by atoms with Crippen molar-refractivity contribution < 1.29 is 14.3 Å². The molecule has 2 aromatic rings. The molecule has 212 valence electrons. The smallest absolute Gasteiger partial charge is 0.248 e. The quantitative estimate of drug-likeness (QED) is 0.248. The average molecular weight is 544 g/mol. The SMILES string of the molecule is CC(C)c1ccc(NC(=O)C(NCCN2CCOCC2)C2=CCC(/C=C/C(=O)Nc3ccccc3N)C=C2)cc1. The molecule has 0 aromatic heterocycles. The summed E-state index contributed by atoms with van der Waals surface area (Å²) in [6, 6.07) is 14.7. The van der Waals surface area contributed by atoms with E-state index in [9.17, 15) is 9.59 Å². The molecule has 0 radical (unpaired) electrons. The van der Waals surface area contributed by atoms with E-state index >= 15 is 0 Å². The number of nitrogens with zero attached hydrogens (tertiary/aromatic N) is 1. The number of hydrogen-bond acceptors (Lipinski definition) is 6. The molecule has 1 fully saturated rings. The van der Waals surface area contributed by atoms with Crippen LogP contribution in [0.3, 0.4) is 0 Å². The van der Waals surface area contributed by atoms with Gasteiger partial charge >= 0.3 is 0 Å². The number of nitrogens with two attached hydrogens (primary N) is 1. The molecule has 0 spiro atoms. The second kappa shape index (κ2) is 14.6. The molecule has 1 heterocycles. The number of allylic oxidation sites excluding steroid dienone is 3. The van der Waals surface area contributed by atoms with Crippen LogP contribution >= 0.6 is 0 Å². The molecule has 0 bridgehead atoms. The highest BCUT2D eigenvalue weighted by Gasteiger charge is 2.23. The summed E-state index contributed by atoms with van der Waals surface area (Å²) in [4.78, 5) is 28.2. The second-order valence-corrected chi connectivity index (χ2v) is 10.5. The number of amides is 2. The fourth-order valence-electron chi connectivity index (χ4n) is 4.73. The molecule has 8 heteroatoms. The minimum absolute atomic E-state index is 0.0586. The third-order valence-electron chi connectivity index (χ3n) is 7.20. The van der Waals surface area contributed by atoms with Crippen LogP contribution < -0.4 is 21.7 Å². The average Bonchev–Trinajstić information content (AvgIpc) is 2.96. The number of benzene rings is 2. The van der Waals surface area contributed by atoms with Crippen LogP contribution in [0.2, 0.25) is 0 Å². The predicted octanol–water partition coefficient (Wildman–Crippen LogP) is 4.32. The van der Waals surface area contributed by atoms with Gasteiger partial charge in [0.2, 0.25) is 11.8 Å². The molecular formula is C32H41N5O3. The Kier molecular flexibility index (Phi) is 10.7. The molecule has 1 aliphatic heterocycles. The number of anilines is 3. The van der Waals surface area contributed by atoms with Gasteiger partial charge < -0.3 is 26.4 Å². The third kappa shape index (κ3) is 8.64. The maximum Gasteiger partial charge on any atom is 0.248 e. The van der Waals surface area contributed by atoms with Crippen LogP contribution in [-0.4, -0.2) is 62.1 Å². The largest absolute Gasteiger partial charge is 0.397 e. The van der Waals surface area contributed by atoms with Gasteiger partial charge in [0.05, 0.1) is 24.6 Å². The van der Waals surface area contributed by atoms with Gasteiger partial charge in [-0.15, -0.1) is 0 Å². The molecule has 8 nitrogen and oxygen atoms in total. The van der Waals surface area contributed by atoms with Crippen LogP contribution in [0.15, 0.2) is 84.5 Å². The van der Waals surface area contributed by atoms with Gasteiger partial charge in [-0.25, -0.2) is 0 Å². The van der Waals surface area contributed by atoms with Gasteiger partial charge in [-0.3, -0.25) is 14.5 Å². The second-order valence-electron chi connectivity index (χ2n) is 10.5. The van der Waals surface area contributed by atoms with Crippen LogP contribution in [0.25, 0.3) is 0 Å². The summed E-state index contributed by atoms with van der Waals surface area (Å²) in [5, 5.41) is 9.37. The number of rotatable bonds is 11. The Hall–Kier alpha value is -3.72. The lowest BCUT2D eigenvalue weighted by molar-refractivity contribution is -0.117. The molecule has 2 unspecified atom stereocenters. The number of ether oxygens (including phenoxy) is 1. The molecule has 40 heavy (non-hydrogen) atoms. The highest BCUT2D eigenvalue weighted by Crippen LogP contribution is 2.22. The fraction of sp³-hybridized carbons (Fsp3) is 0.375. The van der Waals surface area contributed by atoms with Gasteiger partial charge in [0.25, 0.3) is 0 Å². The summed E-state index contributed by atoms with van der Waals surface area (Å²) in [5.41, 5.74) is 9.96. The number of para-hydroxylation sites is 2. The lowest BCUT2D eigenvalue weighted by Crippen LogP contribution is -2.46. The Bertz CT molecular complexity index is 1230. The van der Waals surface area contributed by atoms with Gasteiger partial charge in [-0.05, 0) is 59.7 Å². The normalized spacial score (nSPS) is 18.5. The lowest BCUT2D eigenvalue weighted by atomic mass is 9.92. The maximum atomic E-state index is 13.5. The van der Waals surface area contributed by atoms with E-state index < -0.39 is 6.04 Å². The Morgan fingerprint density at radius 2 is 1.82 bits per heavy atom.